The highest BCUT2D eigenvalue weighted by molar-refractivity contribution is 6.03. The summed E-state index contributed by atoms with van der Waals surface area (Å²) in [5.41, 5.74) is 0.554. The zero-order valence-corrected chi connectivity index (χ0v) is 24.8. The van der Waals surface area contributed by atoms with Gasteiger partial charge >= 0.3 is 0 Å². The molecule has 1 saturated heterocycles. The highest BCUT2D eigenvalue weighted by atomic mass is 19.1. The van der Waals surface area contributed by atoms with Gasteiger partial charge in [0.05, 0.1) is 0 Å². The minimum atomic E-state index is -0.902. The third-order valence-corrected chi connectivity index (χ3v) is 8.35. The van der Waals surface area contributed by atoms with E-state index in [1.807, 2.05) is 32.8 Å². The van der Waals surface area contributed by atoms with Gasteiger partial charge in [-0.25, -0.2) is 4.39 Å². The minimum Gasteiger partial charge on any atom is -0.508 e. The van der Waals surface area contributed by atoms with Crippen molar-refractivity contribution in [3.63, 3.8) is 0 Å². The average molecular weight is 575 g/mol. The molecule has 0 bridgehead atoms. The van der Waals surface area contributed by atoms with Crippen molar-refractivity contribution >= 4 is 17.5 Å². The van der Waals surface area contributed by atoms with Crippen LogP contribution in [0, 0.1) is 30.0 Å². The van der Waals surface area contributed by atoms with Gasteiger partial charge in [-0.3, -0.25) is 14.4 Å². The van der Waals surface area contributed by atoms with Crippen LogP contribution in [0.5, 0.6) is 11.5 Å². The van der Waals surface area contributed by atoms with Crippen LogP contribution in [0.15, 0.2) is 66.7 Å². The Hall–Kier alpha value is -4.04. The van der Waals surface area contributed by atoms with Crippen molar-refractivity contribution < 1.29 is 29.0 Å². The van der Waals surface area contributed by atoms with Crippen molar-refractivity contribution in [1.29, 1.82) is 0 Å². The summed E-state index contributed by atoms with van der Waals surface area (Å²) in [7, 11) is 3.86. The first kappa shape index (κ1) is 30.9. The van der Waals surface area contributed by atoms with Crippen LogP contribution in [0.1, 0.15) is 58.0 Å². The van der Waals surface area contributed by atoms with Gasteiger partial charge in [0.25, 0.3) is 0 Å². The van der Waals surface area contributed by atoms with E-state index in [0.29, 0.717) is 24.1 Å². The maximum atomic E-state index is 14.9. The van der Waals surface area contributed by atoms with Crippen LogP contribution in [0.3, 0.4) is 0 Å². The third-order valence-electron chi connectivity index (χ3n) is 8.35. The Morgan fingerprint density at radius 3 is 1.86 bits per heavy atom. The molecular weight excluding hydrogens is 535 g/mol. The van der Waals surface area contributed by atoms with Crippen molar-refractivity contribution in [2.75, 3.05) is 33.7 Å². The SMILES string of the molecule is Cc1c(F)cccc1C1[C@@H](C(=O)c2cccc(O)c2)CN(C(=O)C(C)(C)CCN(C)C)C[C@@H]1C(=O)c1cccc(O)c1. The molecule has 4 rings (SSSR count). The van der Waals surface area contributed by atoms with Crippen LogP contribution >= 0.6 is 0 Å². The van der Waals surface area contributed by atoms with Crippen molar-refractivity contribution in [3.8, 4) is 11.5 Å². The van der Waals surface area contributed by atoms with Crippen molar-refractivity contribution in [2.24, 2.45) is 17.3 Å². The minimum absolute atomic E-state index is 0.0309. The summed E-state index contributed by atoms with van der Waals surface area (Å²) in [6, 6.07) is 16.6. The Kier molecular flexibility index (Phi) is 9.16. The Bertz CT molecular complexity index is 1420. The van der Waals surface area contributed by atoms with Crippen LogP contribution in [0.2, 0.25) is 0 Å². The van der Waals surface area contributed by atoms with Gasteiger partial charge in [0, 0.05) is 47.4 Å². The number of hydrogen-bond acceptors (Lipinski definition) is 6. The van der Waals surface area contributed by atoms with Crippen LogP contribution in [0.4, 0.5) is 4.39 Å². The number of benzene rings is 3. The largest absolute Gasteiger partial charge is 0.508 e. The van der Waals surface area contributed by atoms with Gasteiger partial charge < -0.3 is 20.0 Å². The maximum absolute atomic E-state index is 14.9. The molecule has 7 nitrogen and oxygen atoms in total. The average Bonchev–Trinajstić information content (AvgIpc) is 2.96. The second-order valence-corrected chi connectivity index (χ2v) is 12.2. The van der Waals surface area contributed by atoms with E-state index in [1.54, 1.807) is 48.2 Å². The Balaban J connectivity index is 1.88. The number of phenols is 2. The summed E-state index contributed by atoms with van der Waals surface area (Å²) >= 11 is 0. The number of carbonyl (C=O) groups excluding carboxylic acids is 3. The molecule has 0 unspecified atom stereocenters. The molecule has 1 fully saturated rings. The van der Waals surface area contributed by atoms with Crippen molar-refractivity contribution in [3.05, 3.63) is 94.8 Å². The number of hydrogen-bond donors (Lipinski definition) is 2. The topological polar surface area (TPSA) is 98.2 Å². The number of halogens is 1. The predicted molar refractivity (Wildman–Crippen MR) is 159 cm³/mol. The highest BCUT2D eigenvalue weighted by Crippen LogP contribution is 2.43. The fourth-order valence-corrected chi connectivity index (χ4v) is 5.92. The number of Topliss-reactive ketones (excluding diaryl/α,β-unsaturated/α-hetero) is 2. The number of phenolic OH excluding ortho intramolecular Hbond substituents is 2. The molecule has 3 aromatic rings. The van der Waals surface area contributed by atoms with E-state index in [9.17, 15) is 29.0 Å². The van der Waals surface area contributed by atoms with Crippen LogP contribution in [-0.2, 0) is 4.79 Å². The molecular formula is C34H39FN2O5. The van der Waals surface area contributed by atoms with E-state index in [0.717, 1.165) is 0 Å². The lowest BCUT2D eigenvalue weighted by atomic mass is 9.67. The second kappa shape index (κ2) is 12.4. The molecule has 3 aromatic carbocycles. The fourth-order valence-electron chi connectivity index (χ4n) is 5.92. The van der Waals surface area contributed by atoms with Gasteiger partial charge in [-0.05, 0) is 75.4 Å². The van der Waals surface area contributed by atoms with Gasteiger partial charge in [-0.15, -0.1) is 0 Å². The number of ketones is 2. The smallest absolute Gasteiger partial charge is 0.228 e. The molecule has 0 aromatic heterocycles. The Morgan fingerprint density at radius 2 is 1.38 bits per heavy atom. The molecule has 1 amide bonds. The zero-order valence-electron chi connectivity index (χ0n) is 24.8. The second-order valence-electron chi connectivity index (χ2n) is 12.2. The number of carbonyl (C=O) groups is 3. The van der Waals surface area contributed by atoms with Gasteiger partial charge in [-0.2, -0.15) is 0 Å². The number of amides is 1. The number of likely N-dealkylation sites (tertiary alicyclic amines) is 1. The normalized spacial score (nSPS) is 17.8. The van der Waals surface area contributed by atoms with Gasteiger partial charge in [0.2, 0.25) is 5.91 Å². The van der Waals surface area contributed by atoms with Gasteiger partial charge in [0.1, 0.15) is 17.3 Å². The lowest BCUT2D eigenvalue weighted by Crippen LogP contribution is -2.55. The lowest BCUT2D eigenvalue weighted by Gasteiger charge is -2.45. The van der Waals surface area contributed by atoms with Gasteiger partial charge in [-0.1, -0.05) is 50.2 Å². The summed E-state index contributed by atoms with van der Waals surface area (Å²) in [6.07, 6.45) is 0.568. The number of piperidine rings is 1. The molecule has 0 aliphatic carbocycles. The number of aromatic hydroxyl groups is 2. The molecule has 8 heteroatoms. The van der Waals surface area contributed by atoms with Crippen LogP contribution < -0.4 is 0 Å². The fraction of sp³-hybridized carbons (Fsp3) is 0.382. The molecule has 1 aliphatic heterocycles. The molecule has 1 heterocycles. The standard InChI is InChI=1S/C34H39FN2O5/c1-21-26(13-8-14-29(21)35)30-27(31(40)22-9-6-11-24(38)17-22)19-37(33(42)34(2,3)15-16-36(4)5)20-28(30)32(41)23-10-7-12-25(39)18-23/h6-14,17-18,27-28,30,38-39H,15-16,19-20H2,1-5H3/t27-,28-/m0/s1. The van der Waals surface area contributed by atoms with E-state index in [2.05, 4.69) is 0 Å². The van der Waals surface area contributed by atoms with Crippen LogP contribution in [0.25, 0.3) is 0 Å². The summed E-state index contributed by atoms with van der Waals surface area (Å²) in [5.74, 6) is -4.07. The molecule has 2 atom stereocenters. The first-order valence-electron chi connectivity index (χ1n) is 14.2. The monoisotopic (exact) mass is 574 g/mol. The number of nitrogens with zero attached hydrogens (tertiary/aromatic N) is 2. The maximum Gasteiger partial charge on any atom is 0.228 e. The third kappa shape index (κ3) is 6.54. The van der Waals surface area contributed by atoms with E-state index in [1.165, 1.54) is 30.3 Å². The first-order chi connectivity index (χ1) is 19.8. The van der Waals surface area contributed by atoms with Crippen molar-refractivity contribution in [1.82, 2.24) is 9.80 Å². The Morgan fingerprint density at radius 1 is 0.881 bits per heavy atom. The molecule has 2 N–H and O–H groups in total. The first-order valence-corrected chi connectivity index (χ1v) is 14.2. The van der Waals surface area contributed by atoms with E-state index >= 15 is 0 Å². The number of rotatable bonds is 9. The summed E-state index contributed by atoms with van der Waals surface area (Å²) in [5, 5.41) is 20.3. The molecule has 0 radical (unpaired) electrons. The van der Waals surface area contributed by atoms with Crippen molar-refractivity contribution in [2.45, 2.75) is 33.1 Å². The molecule has 0 saturated carbocycles. The zero-order chi connectivity index (χ0) is 30.8. The quantitative estimate of drug-likeness (QED) is 0.330. The predicted octanol–water partition coefficient (Wildman–Crippen LogP) is 5.45. The van der Waals surface area contributed by atoms with E-state index < -0.39 is 29.0 Å². The van der Waals surface area contributed by atoms with E-state index in [-0.39, 0.29) is 53.2 Å². The highest BCUT2D eigenvalue weighted by Gasteiger charge is 2.48. The summed E-state index contributed by atoms with van der Waals surface area (Å²) in [6.45, 7) is 6.08. The van der Waals surface area contributed by atoms with Gasteiger partial charge in [0.15, 0.2) is 11.6 Å². The molecule has 1 aliphatic rings. The Labute approximate surface area is 246 Å². The lowest BCUT2D eigenvalue weighted by molar-refractivity contribution is -0.143. The summed E-state index contributed by atoms with van der Waals surface area (Å²) in [4.78, 5) is 46.1. The van der Waals surface area contributed by atoms with Crippen LogP contribution in [-0.4, -0.2) is 71.2 Å². The molecule has 42 heavy (non-hydrogen) atoms. The van der Waals surface area contributed by atoms with E-state index in [4.69, 9.17) is 0 Å². The molecule has 222 valence electrons. The molecule has 0 spiro atoms. The summed E-state index contributed by atoms with van der Waals surface area (Å²) < 4.78 is 14.9.